The Morgan fingerprint density at radius 2 is 1.96 bits per heavy atom. The van der Waals surface area contributed by atoms with Crippen molar-refractivity contribution in [3.63, 3.8) is 0 Å². The van der Waals surface area contributed by atoms with Crippen LogP contribution in [0, 0.1) is 6.92 Å². The van der Waals surface area contributed by atoms with Crippen LogP contribution in [0.15, 0.2) is 58.4 Å². The highest BCUT2D eigenvalue weighted by atomic mass is 79.9. The molecule has 2 aromatic carbocycles. The number of ketones is 1. The highest BCUT2D eigenvalue weighted by Gasteiger charge is 2.08. The van der Waals surface area contributed by atoms with Gasteiger partial charge in [0.2, 0.25) is 0 Å². The van der Waals surface area contributed by atoms with Crippen LogP contribution in [0.4, 0.5) is 0 Å². The first-order valence-electron chi connectivity index (χ1n) is 8.48. The molecule has 1 heterocycles. The molecule has 144 valence electrons. The molecule has 28 heavy (non-hydrogen) atoms. The summed E-state index contributed by atoms with van der Waals surface area (Å²) in [5.41, 5.74) is 2.76. The number of benzene rings is 2. The molecule has 0 aliphatic rings. The van der Waals surface area contributed by atoms with Crippen molar-refractivity contribution in [2.45, 2.75) is 13.5 Å². The Bertz CT molecular complexity index is 1030. The van der Waals surface area contributed by atoms with Crippen LogP contribution in [-0.4, -0.2) is 12.9 Å². The van der Waals surface area contributed by atoms with Gasteiger partial charge in [0.25, 0.3) is 0 Å². The van der Waals surface area contributed by atoms with E-state index in [2.05, 4.69) is 15.9 Å². The fraction of sp³-hybridized carbons (Fsp3) is 0.136. The van der Waals surface area contributed by atoms with E-state index in [0.717, 1.165) is 32.7 Å². The largest absolute Gasteiger partial charge is 0.496 e. The average Bonchev–Trinajstić information content (AvgIpc) is 3.12. The molecule has 0 saturated carbocycles. The molecule has 0 N–H and O–H groups in total. The zero-order chi connectivity index (χ0) is 20.1. The van der Waals surface area contributed by atoms with Gasteiger partial charge in [-0.2, -0.15) is 0 Å². The van der Waals surface area contributed by atoms with Crippen molar-refractivity contribution in [1.29, 1.82) is 0 Å². The second-order valence-corrected chi connectivity index (χ2v) is 8.36. The third-order valence-corrected chi connectivity index (χ3v) is 6.00. The monoisotopic (exact) mass is 476 g/mol. The summed E-state index contributed by atoms with van der Waals surface area (Å²) in [4.78, 5) is 13.0. The number of allylic oxidation sites excluding steroid dienone is 1. The smallest absolute Gasteiger partial charge is 0.195 e. The van der Waals surface area contributed by atoms with Crippen LogP contribution in [0.2, 0.25) is 5.02 Å². The summed E-state index contributed by atoms with van der Waals surface area (Å²) in [6.45, 7) is 2.30. The minimum Gasteiger partial charge on any atom is -0.496 e. The molecular formula is C22H18BrClO3S. The topological polar surface area (TPSA) is 35.5 Å². The van der Waals surface area contributed by atoms with E-state index in [1.165, 1.54) is 11.3 Å². The van der Waals surface area contributed by atoms with Gasteiger partial charge in [-0.25, -0.2) is 0 Å². The number of methoxy groups -OCH3 is 1. The van der Waals surface area contributed by atoms with Crippen LogP contribution < -0.4 is 9.47 Å². The Kier molecular flexibility index (Phi) is 6.94. The van der Waals surface area contributed by atoms with E-state index in [4.69, 9.17) is 21.1 Å². The molecule has 0 radical (unpaired) electrons. The molecule has 0 aliphatic heterocycles. The molecule has 0 unspecified atom stereocenters. The van der Waals surface area contributed by atoms with Gasteiger partial charge in [-0.1, -0.05) is 23.7 Å². The van der Waals surface area contributed by atoms with Crippen LogP contribution in [0.3, 0.4) is 0 Å². The van der Waals surface area contributed by atoms with Crippen molar-refractivity contribution in [1.82, 2.24) is 0 Å². The fourth-order valence-electron chi connectivity index (χ4n) is 2.64. The quantitative estimate of drug-likeness (QED) is 0.273. The number of aryl methyl sites for hydroxylation is 1. The van der Waals surface area contributed by atoms with Crippen molar-refractivity contribution < 1.29 is 14.3 Å². The van der Waals surface area contributed by atoms with Crippen molar-refractivity contribution in [2.75, 3.05) is 7.11 Å². The molecule has 6 heteroatoms. The van der Waals surface area contributed by atoms with Gasteiger partial charge in [-0.3, -0.25) is 4.79 Å². The van der Waals surface area contributed by atoms with Gasteiger partial charge in [-0.05, 0) is 76.5 Å². The van der Waals surface area contributed by atoms with Crippen LogP contribution in [-0.2, 0) is 6.61 Å². The first-order chi connectivity index (χ1) is 13.5. The maximum absolute atomic E-state index is 12.3. The second-order valence-electron chi connectivity index (χ2n) is 6.10. The minimum atomic E-state index is -0.0268. The number of ether oxygens (including phenoxy) is 2. The van der Waals surface area contributed by atoms with E-state index in [-0.39, 0.29) is 5.78 Å². The Morgan fingerprint density at radius 1 is 1.18 bits per heavy atom. The fourth-order valence-corrected chi connectivity index (χ4v) is 4.22. The highest BCUT2D eigenvalue weighted by molar-refractivity contribution is 9.10. The number of halogens is 2. The van der Waals surface area contributed by atoms with Crippen molar-refractivity contribution in [2.24, 2.45) is 0 Å². The van der Waals surface area contributed by atoms with Crippen LogP contribution >= 0.6 is 38.9 Å². The number of thiophene rings is 1. The summed E-state index contributed by atoms with van der Waals surface area (Å²) in [6, 6.07) is 13.1. The molecule has 3 nitrogen and oxygen atoms in total. The Morgan fingerprint density at radius 3 is 2.64 bits per heavy atom. The lowest BCUT2D eigenvalue weighted by atomic mass is 10.1. The minimum absolute atomic E-state index is 0.0268. The molecule has 3 aromatic rings. The maximum atomic E-state index is 12.3. The Balaban J connectivity index is 1.75. The van der Waals surface area contributed by atoms with Gasteiger partial charge in [0.1, 0.15) is 18.1 Å². The number of hydrogen-bond donors (Lipinski definition) is 0. The predicted octanol–water partition coefficient (Wildman–Crippen LogP) is 6.96. The Hall–Kier alpha value is -2.08. The van der Waals surface area contributed by atoms with Crippen molar-refractivity contribution in [3.05, 3.63) is 85.0 Å². The summed E-state index contributed by atoms with van der Waals surface area (Å²) in [6.07, 6.45) is 3.38. The average molecular weight is 478 g/mol. The molecule has 0 atom stereocenters. The molecule has 0 spiro atoms. The molecule has 0 bridgehead atoms. The van der Waals surface area contributed by atoms with Crippen molar-refractivity contribution in [3.8, 4) is 11.5 Å². The first kappa shape index (κ1) is 20.6. The summed E-state index contributed by atoms with van der Waals surface area (Å²) in [5.74, 6) is 1.48. The summed E-state index contributed by atoms with van der Waals surface area (Å²) >= 11 is 10.8. The van der Waals surface area contributed by atoms with Gasteiger partial charge in [-0.15, -0.1) is 11.3 Å². The maximum Gasteiger partial charge on any atom is 0.195 e. The summed E-state index contributed by atoms with van der Waals surface area (Å²) < 4.78 is 12.3. The number of rotatable bonds is 7. The lowest BCUT2D eigenvalue weighted by Gasteiger charge is -2.13. The summed E-state index contributed by atoms with van der Waals surface area (Å²) in [7, 11) is 1.63. The van der Waals surface area contributed by atoms with E-state index in [0.29, 0.717) is 16.5 Å². The second kappa shape index (κ2) is 9.41. The third kappa shape index (κ3) is 5.25. The Labute approximate surface area is 181 Å². The number of carbonyl (C=O) groups is 1. The van der Waals surface area contributed by atoms with Gasteiger partial charge < -0.3 is 9.47 Å². The number of hydrogen-bond acceptors (Lipinski definition) is 4. The molecule has 0 fully saturated rings. The van der Waals surface area contributed by atoms with E-state index in [1.807, 2.05) is 48.7 Å². The molecular weight excluding hydrogens is 460 g/mol. The molecule has 1 aromatic heterocycles. The normalized spacial score (nSPS) is 11.0. The van der Waals surface area contributed by atoms with Gasteiger partial charge in [0.05, 0.1) is 12.0 Å². The van der Waals surface area contributed by atoms with Crippen LogP contribution in [0.5, 0.6) is 11.5 Å². The van der Waals surface area contributed by atoms with Crippen LogP contribution in [0.1, 0.15) is 26.4 Å². The molecule has 0 amide bonds. The van der Waals surface area contributed by atoms with Gasteiger partial charge in [0, 0.05) is 20.4 Å². The standard InChI is InChI=1S/C22H18BrClO3S/c1-14-9-18(24)5-8-20(14)27-12-16-10-15(4-7-21(16)26-2)3-6-19(25)22-11-17(23)13-28-22/h3-11,13H,12H2,1-2H3/b6-3+. The van der Waals surface area contributed by atoms with E-state index in [1.54, 1.807) is 25.3 Å². The van der Waals surface area contributed by atoms with Gasteiger partial charge >= 0.3 is 0 Å². The van der Waals surface area contributed by atoms with Gasteiger partial charge in [0.15, 0.2) is 5.78 Å². The van der Waals surface area contributed by atoms with Crippen LogP contribution in [0.25, 0.3) is 6.08 Å². The zero-order valence-electron chi connectivity index (χ0n) is 15.4. The lowest BCUT2D eigenvalue weighted by Crippen LogP contribution is -2.00. The number of carbonyl (C=O) groups excluding carboxylic acids is 1. The molecule has 3 rings (SSSR count). The van der Waals surface area contributed by atoms with Crippen molar-refractivity contribution >= 4 is 50.7 Å². The molecule has 0 aliphatic carbocycles. The predicted molar refractivity (Wildman–Crippen MR) is 119 cm³/mol. The van der Waals surface area contributed by atoms with E-state index in [9.17, 15) is 4.79 Å². The molecule has 0 saturated heterocycles. The summed E-state index contributed by atoms with van der Waals surface area (Å²) in [5, 5.41) is 2.57. The van der Waals surface area contributed by atoms with E-state index < -0.39 is 0 Å². The SMILES string of the molecule is COc1ccc(/C=C/C(=O)c2cc(Br)cs2)cc1COc1ccc(Cl)cc1C. The highest BCUT2D eigenvalue weighted by Crippen LogP contribution is 2.26. The lowest BCUT2D eigenvalue weighted by molar-refractivity contribution is 0.105. The first-order valence-corrected chi connectivity index (χ1v) is 10.5. The third-order valence-electron chi connectivity index (χ3n) is 4.06. The zero-order valence-corrected chi connectivity index (χ0v) is 18.5. The van der Waals surface area contributed by atoms with E-state index >= 15 is 0 Å².